The minimum Gasteiger partial charge on any atom is -0.291 e. The van der Waals surface area contributed by atoms with Gasteiger partial charge in [0.05, 0.1) is 0 Å². The van der Waals surface area contributed by atoms with Crippen molar-refractivity contribution in [1.82, 2.24) is 0 Å². The van der Waals surface area contributed by atoms with Crippen LogP contribution in [0.1, 0.15) is 129 Å². The smallest absolute Gasteiger partial charge is 0.201 e. The molecule has 0 aromatic heterocycles. The van der Waals surface area contributed by atoms with E-state index in [-0.39, 0.29) is 5.92 Å². The number of hydrogen-bond donors (Lipinski definition) is 0. The Morgan fingerprint density at radius 1 is 0.522 bits per heavy atom. The summed E-state index contributed by atoms with van der Waals surface area (Å²) in [5.74, 6) is 0.218. The van der Waals surface area contributed by atoms with Crippen molar-refractivity contribution in [2.24, 2.45) is 5.92 Å². The standard InChI is InChI=1S/C22H43O/c1-3-5-7-9-11-13-15-17-19-22(21-23)20-18-16-14-12-10-8-6-4-2/h22H,3-20H2,1-2H3. The summed E-state index contributed by atoms with van der Waals surface area (Å²) in [5.41, 5.74) is 0. The molecule has 1 nitrogen and oxygen atoms in total. The third-order valence-corrected chi connectivity index (χ3v) is 4.98. The number of hydrogen-bond acceptors (Lipinski definition) is 1. The quantitative estimate of drug-likeness (QED) is 0.222. The van der Waals surface area contributed by atoms with Crippen LogP contribution in [0.5, 0.6) is 0 Å². The van der Waals surface area contributed by atoms with Crippen molar-refractivity contribution in [2.75, 3.05) is 0 Å². The minimum absolute atomic E-state index is 0.218. The van der Waals surface area contributed by atoms with Crippen LogP contribution >= 0.6 is 0 Å². The molecule has 1 radical (unpaired) electrons. The van der Waals surface area contributed by atoms with Crippen molar-refractivity contribution in [3.8, 4) is 0 Å². The van der Waals surface area contributed by atoms with Gasteiger partial charge in [-0.3, -0.25) is 4.79 Å². The van der Waals surface area contributed by atoms with Crippen LogP contribution in [0.3, 0.4) is 0 Å². The van der Waals surface area contributed by atoms with E-state index in [1.54, 1.807) is 0 Å². The average molecular weight is 324 g/mol. The molecule has 0 unspecified atom stereocenters. The molecule has 0 amide bonds. The molecule has 137 valence electrons. The molecule has 0 rings (SSSR count). The van der Waals surface area contributed by atoms with E-state index in [0.29, 0.717) is 0 Å². The van der Waals surface area contributed by atoms with Gasteiger partial charge in [-0.05, 0) is 12.8 Å². The normalized spacial score (nSPS) is 11.3. The Bertz CT molecular complexity index is 204. The van der Waals surface area contributed by atoms with Gasteiger partial charge in [0.25, 0.3) is 0 Å². The largest absolute Gasteiger partial charge is 0.291 e. The summed E-state index contributed by atoms with van der Waals surface area (Å²) in [6, 6.07) is 0. The van der Waals surface area contributed by atoms with E-state index in [1.807, 2.05) is 0 Å². The molecule has 0 aliphatic carbocycles. The predicted octanol–water partition coefficient (Wildman–Crippen LogP) is 7.77. The first kappa shape index (κ1) is 22.7. The lowest BCUT2D eigenvalue weighted by atomic mass is 9.95. The van der Waals surface area contributed by atoms with Crippen molar-refractivity contribution in [1.29, 1.82) is 0 Å². The van der Waals surface area contributed by atoms with Crippen LogP contribution in [-0.4, -0.2) is 6.29 Å². The molecule has 0 saturated carbocycles. The average Bonchev–Trinajstić information content (AvgIpc) is 2.57. The monoisotopic (exact) mass is 323 g/mol. The first-order chi connectivity index (χ1) is 11.3. The zero-order valence-corrected chi connectivity index (χ0v) is 16.2. The second-order valence-corrected chi connectivity index (χ2v) is 7.34. The van der Waals surface area contributed by atoms with Gasteiger partial charge in [-0.1, -0.05) is 117 Å². The van der Waals surface area contributed by atoms with Crippen LogP contribution in [0.2, 0.25) is 0 Å². The van der Waals surface area contributed by atoms with Gasteiger partial charge in [0.2, 0.25) is 6.29 Å². The summed E-state index contributed by atoms with van der Waals surface area (Å²) < 4.78 is 0. The molecule has 0 aliphatic heterocycles. The van der Waals surface area contributed by atoms with Gasteiger partial charge in [0.1, 0.15) is 0 Å². The lowest BCUT2D eigenvalue weighted by molar-refractivity contribution is 0.449. The molecule has 23 heavy (non-hydrogen) atoms. The first-order valence-corrected chi connectivity index (χ1v) is 10.7. The summed E-state index contributed by atoms with van der Waals surface area (Å²) in [6.07, 6.45) is 26.0. The Balaban J connectivity index is 3.30. The zero-order valence-electron chi connectivity index (χ0n) is 16.2. The maximum atomic E-state index is 11.1. The maximum Gasteiger partial charge on any atom is 0.201 e. The molecule has 0 bridgehead atoms. The van der Waals surface area contributed by atoms with Crippen molar-refractivity contribution in [3.63, 3.8) is 0 Å². The zero-order chi connectivity index (χ0) is 17.0. The van der Waals surface area contributed by atoms with Gasteiger partial charge in [-0.15, -0.1) is 0 Å². The molecular weight excluding hydrogens is 280 g/mol. The highest BCUT2D eigenvalue weighted by molar-refractivity contribution is 5.54. The van der Waals surface area contributed by atoms with E-state index in [9.17, 15) is 4.79 Å². The van der Waals surface area contributed by atoms with Crippen molar-refractivity contribution in [3.05, 3.63) is 0 Å². The van der Waals surface area contributed by atoms with Crippen LogP contribution in [0.25, 0.3) is 0 Å². The fraction of sp³-hybridized carbons (Fsp3) is 0.955. The molecule has 0 heterocycles. The van der Waals surface area contributed by atoms with Crippen LogP contribution < -0.4 is 0 Å². The third-order valence-electron chi connectivity index (χ3n) is 4.98. The highest BCUT2D eigenvalue weighted by atomic mass is 16.1. The summed E-state index contributed by atoms with van der Waals surface area (Å²) in [6.45, 7) is 4.53. The van der Waals surface area contributed by atoms with Crippen molar-refractivity contribution in [2.45, 2.75) is 129 Å². The van der Waals surface area contributed by atoms with Crippen LogP contribution in [0, 0.1) is 5.92 Å². The molecule has 0 aromatic carbocycles. The second kappa shape index (κ2) is 19.7. The van der Waals surface area contributed by atoms with Gasteiger partial charge in [-0.2, -0.15) is 0 Å². The van der Waals surface area contributed by atoms with Crippen LogP contribution in [0.15, 0.2) is 0 Å². The number of carbonyl (C=O) groups excluding carboxylic acids is 1. The molecule has 0 aromatic rings. The molecule has 0 saturated heterocycles. The lowest BCUT2D eigenvalue weighted by Crippen LogP contribution is -2.02. The Morgan fingerprint density at radius 2 is 0.826 bits per heavy atom. The Kier molecular flexibility index (Phi) is 19.4. The fourth-order valence-electron chi connectivity index (χ4n) is 3.31. The molecular formula is C22H43O. The summed E-state index contributed by atoms with van der Waals surface area (Å²) in [7, 11) is 0. The molecule has 0 N–H and O–H groups in total. The fourth-order valence-corrected chi connectivity index (χ4v) is 3.31. The topological polar surface area (TPSA) is 17.1 Å². The van der Waals surface area contributed by atoms with Crippen molar-refractivity contribution >= 4 is 6.29 Å². The van der Waals surface area contributed by atoms with E-state index < -0.39 is 0 Å². The molecule has 0 fully saturated rings. The number of unbranched alkanes of at least 4 members (excludes halogenated alkanes) is 14. The van der Waals surface area contributed by atoms with E-state index in [4.69, 9.17) is 0 Å². The second-order valence-electron chi connectivity index (χ2n) is 7.34. The third kappa shape index (κ3) is 17.9. The van der Waals surface area contributed by atoms with E-state index in [1.165, 1.54) is 103 Å². The Morgan fingerprint density at radius 3 is 1.13 bits per heavy atom. The highest BCUT2D eigenvalue weighted by Gasteiger charge is 2.07. The first-order valence-electron chi connectivity index (χ1n) is 10.7. The Hall–Kier alpha value is -0.330. The van der Waals surface area contributed by atoms with Gasteiger partial charge in [0, 0.05) is 5.92 Å². The van der Waals surface area contributed by atoms with E-state index >= 15 is 0 Å². The SMILES string of the molecule is CCCCCCCCCCC([C]=O)CCCCCCCCCC. The molecule has 0 atom stereocenters. The lowest BCUT2D eigenvalue weighted by Gasteiger charge is -2.09. The molecule has 0 spiro atoms. The van der Waals surface area contributed by atoms with Gasteiger partial charge in [0.15, 0.2) is 0 Å². The summed E-state index contributed by atoms with van der Waals surface area (Å²) in [4.78, 5) is 11.1. The van der Waals surface area contributed by atoms with Crippen LogP contribution in [0.4, 0.5) is 0 Å². The van der Waals surface area contributed by atoms with Crippen molar-refractivity contribution < 1.29 is 4.79 Å². The summed E-state index contributed by atoms with van der Waals surface area (Å²) >= 11 is 0. The number of rotatable bonds is 19. The maximum absolute atomic E-state index is 11.1. The summed E-state index contributed by atoms with van der Waals surface area (Å²) in [5, 5.41) is 0. The molecule has 0 aliphatic rings. The predicted molar refractivity (Wildman–Crippen MR) is 104 cm³/mol. The highest BCUT2D eigenvalue weighted by Crippen LogP contribution is 2.18. The van der Waals surface area contributed by atoms with Gasteiger partial charge >= 0.3 is 0 Å². The Labute approximate surface area is 147 Å². The van der Waals surface area contributed by atoms with Crippen LogP contribution in [-0.2, 0) is 4.79 Å². The van der Waals surface area contributed by atoms with E-state index in [2.05, 4.69) is 20.1 Å². The van der Waals surface area contributed by atoms with Gasteiger partial charge < -0.3 is 0 Å². The van der Waals surface area contributed by atoms with E-state index in [0.717, 1.165) is 12.8 Å². The minimum atomic E-state index is 0.218. The van der Waals surface area contributed by atoms with Gasteiger partial charge in [-0.25, -0.2) is 0 Å². The molecule has 1 heteroatoms.